The molecule has 0 aliphatic rings. The predicted molar refractivity (Wildman–Crippen MR) is 70.7 cm³/mol. The minimum absolute atomic E-state index is 0.268. The lowest BCUT2D eigenvalue weighted by atomic mass is 9.93. The summed E-state index contributed by atoms with van der Waals surface area (Å²) < 4.78 is 4.72. The highest BCUT2D eigenvalue weighted by atomic mass is 35.5. The van der Waals surface area contributed by atoms with Crippen molar-refractivity contribution in [2.24, 2.45) is 5.41 Å². The zero-order valence-corrected chi connectivity index (χ0v) is 11.5. The largest absolute Gasteiger partial charge is 0.469 e. The molecule has 0 amide bonds. The highest BCUT2D eigenvalue weighted by molar-refractivity contribution is 6.36. The fraction of sp³-hybridized carbons (Fsp3) is 0.417. The molecule has 0 aromatic heterocycles. The number of rotatable bonds is 4. The van der Waals surface area contributed by atoms with Crippen LogP contribution in [0.25, 0.3) is 0 Å². The summed E-state index contributed by atoms with van der Waals surface area (Å²) >= 11 is 11.8. The van der Waals surface area contributed by atoms with Gasteiger partial charge in [-0.15, -0.1) is 0 Å². The number of halogens is 2. The van der Waals surface area contributed by atoms with E-state index in [1.165, 1.54) is 7.11 Å². The van der Waals surface area contributed by atoms with Crippen LogP contribution in [0.5, 0.6) is 0 Å². The summed E-state index contributed by atoms with van der Waals surface area (Å²) in [5, 5.41) is 4.21. The Hall–Kier alpha value is -0.930. The molecule has 0 atom stereocenters. The maximum atomic E-state index is 11.5. The van der Waals surface area contributed by atoms with Gasteiger partial charge < -0.3 is 10.1 Å². The molecule has 1 aromatic carbocycles. The summed E-state index contributed by atoms with van der Waals surface area (Å²) in [4.78, 5) is 11.5. The summed E-state index contributed by atoms with van der Waals surface area (Å²) in [6, 6.07) is 5.16. The van der Waals surface area contributed by atoms with E-state index in [2.05, 4.69) is 5.32 Å². The lowest BCUT2D eigenvalue weighted by molar-refractivity contribution is -0.149. The summed E-state index contributed by atoms with van der Waals surface area (Å²) in [5.41, 5.74) is 0.130. The molecular formula is C12H15Cl2NO2. The van der Waals surface area contributed by atoms with Crippen molar-refractivity contribution < 1.29 is 9.53 Å². The molecule has 5 heteroatoms. The third-order valence-corrected chi connectivity index (χ3v) is 2.94. The van der Waals surface area contributed by atoms with E-state index >= 15 is 0 Å². The van der Waals surface area contributed by atoms with Crippen LogP contribution in [-0.4, -0.2) is 19.6 Å². The second kappa shape index (κ2) is 5.61. The molecule has 94 valence electrons. The molecule has 1 aromatic rings. The number of ether oxygens (including phenoxy) is 1. The molecule has 0 spiro atoms. The lowest BCUT2D eigenvalue weighted by Gasteiger charge is -2.22. The van der Waals surface area contributed by atoms with Gasteiger partial charge in [-0.25, -0.2) is 0 Å². The summed E-state index contributed by atoms with van der Waals surface area (Å²) in [6.45, 7) is 4.03. The number of nitrogens with one attached hydrogen (secondary N) is 1. The highest BCUT2D eigenvalue weighted by Crippen LogP contribution is 2.27. The van der Waals surface area contributed by atoms with E-state index in [-0.39, 0.29) is 5.97 Å². The van der Waals surface area contributed by atoms with E-state index in [1.807, 2.05) is 0 Å². The van der Waals surface area contributed by atoms with Crippen LogP contribution in [0.2, 0.25) is 10.0 Å². The Labute approximate surface area is 111 Å². The quantitative estimate of drug-likeness (QED) is 0.854. The van der Waals surface area contributed by atoms with Crippen molar-refractivity contribution in [3.05, 3.63) is 28.2 Å². The number of hydrogen-bond acceptors (Lipinski definition) is 3. The molecule has 0 fully saturated rings. The first-order valence-corrected chi connectivity index (χ1v) is 5.90. The smallest absolute Gasteiger partial charge is 0.313 e. The van der Waals surface area contributed by atoms with Crippen molar-refractivity contribution in [1.29, 1.82) is 0 Å². The topological polar surface area (TPSA) is 38.3 Å². The van der Waals surface area contributed by atoms with Crippen LogP contribution in [0.15, 0.2) is 18.2 Å². The number of hydrogen-bond donors (Lipinski definition) is 1. The molecule has 0 aliphatic carbocycles. The van der Waals surface area contributed by atoms with Crippen LogP contribution in [0.3, 0.4) is 0 Å². The van der Waals surface area contributed by atoms with Crippen LogP contribution in [0, 0.1) is 5.41 Å². The van der Waals surface area contributed by atoms with Crippen molar-refractivity contribution in [3.63, 3.8) is 0 Å². The van der Waals surface area contributed by atoms with Crippen molar-refractivity contribution >= 4 is 34.9 Å². The summed E-state index contributed by atoms with van der Waals surface area (Å²) in [6.07, 6.45) is 0. The van der Waals surface area contributed by atoms with Gasteiger partial charge in [-0.05, 0) is 32.0 Å². The number of methoxy groups -OCH3 is 1. The van der Waals surface area contributed by atoms with Crippen LogP contribution in [0.1, 0.15) is 13.8 Å². The number of carbonyl (C=O) groups excluding carboxylic acids is 1. The van der Waals surface area contributed by atoms with E-state index < -0.39 is 5.41 Å². The highest BCUT2D eigenvalue weighted by Gasteiger charge is 2.28. The first-order valence-electron chi connectivity index (χ1n) is 5.14. The molecule has 0 aliphatic heterocycles. The van der Waals surface area contributed by atoms with Gasteiger partial charge in [-0.1, -0.05) is 23.2 Å². The van der Waals surface area contributed by atoms with Gasteiger partial charge in [0.1, 0.15) is 0 Å². The molecule has 0 saturated heterocycles. The minimum Gasteiger partial charge on any atom is -0.469 e. The molecular weight excluding hydrogens is 261 g/mol. The minimum atomic E-state index is -0.613. The number of benzene rings is 1. The van der Waals surface area contributed by atoms with Gasteiger partial charge in [0.2, 0.25) is 0 Å². The van der Waals surface area contributed by atoms with Crippen molar-refractivity contribution in [2.75, 3.05) is 19.0 Å². The number of anilines is 1. The Kier molecular flexibility index (Phi) is 4.66. The zero-order chi connectivity index (χ0) is 13.1. The number of carbonyl (C=O) groups is 1. The molecule has 0 bridgehead atoms. The molecule has 0 saturated carbocycles. The fourth-order valence-electron chi connectivity index (χ4n) is 1.30. The Morgan fingerprint density at radius 2 is 2.06 bits per heavy atom. The second-order valence-electron chi connectivity index (χ2n) is 4.35. The Morgan fingerprint density at radius 1 is 1.41 bits per heavy atom. The van der Waals surface area contributed by atoms with Crippen LogP contribution >= 0.6 is 23.2 Å². The Morgan fingerprint density at radius 3 is 2.59 bits per heavy atom. The van der Waals surface area contributed by atoms with E-state index in [4.69, 9.17) is 27.9 Å². The average molecular weight is 276 g/mol. The Balaban J connectivity index is 2.70. The second-order valence-corrected chi connectivity index (χ2v) is 5.20. The molecule has 0 heterocycles. The third-order valence-electron chi connectivity index (χ3n) is 2.39. The molecule has 1 rings (SSSR count). The third kappa shape index (κ3) is 3.79. The van der Waals surface area contributed by atoms with Gasteiger partial charge in [0, 0.05) is 11.6 Å². The van der Waals surface area contributed by atoms with Gasteiger partial charge in [-0.3, -0.25) is 4.79 Å². The summed E-state index contributed by atoms with van der Waals surface area (Å²) in [5.74, 6) is -0.268. The lowest BCUT2D eigenvalue weighted by Crippen LogP contribution is -2.33. The standard InChI is InChI=1S/C12H15Cl2NO2/c1-12(2,11(16)17-3)7-15-10-5-4-8(13)6-9(10)14/h4-6,15H,7H2,1-3H3. The van der Waals surface area contributed by atoms with Crippen LogP contribution < -0.4 is 5.32 Å². The first kappa shape index (κ1) is 14.1. The Bertz CT molecular complexity index is 419. The SMILES string of the molecule is COC(=O)C(C)(C)CNc1ccc(Cl)cc1Cl. The monoisotopic (exact) mass is 275 g/mol. The van der Waals surface area contributed by atoms with E-state index in [0.717, 1.165) is 5.69 Å². The molecule has 0 radical (unpaired) electrons. The van der Waals surface area contributed by atoms with E-state index in [0.29, 0.717) is 16.6 Å². The van der Waals surface area contributed by atoms with Crippen LogP contribution in [0.4, 0.5) is 5.69 Å². The zero-order valence-electron chi connectivity index (χ0n) is 10.0. The maximum Gasteiger partial charge on any atom is 0.313 e. The maximum absolute atomic E-state index is 11.5. The van der Waals surface area contributed by atoms with Gasteiger partial charge in [0.15, 0.2) is 0 Å². The molecule has 3 nitrogen and oxygen atoms in total. The van der Waals surface area contributed by atoms with Crippen molar-refractivity contribution in [3.8, 4) is 0 Å². The van der Waals surface area contributed by atoms with Crippen molar-refractivity contribution in [2.45, 2.75) is 13.8 Å². The van der Waals surface area contributed by atoms with Gasteiger partial charge in [-0.2, -0.15) is 0 Å². The molecule has 1 N–H and O–H groups in total. The van der Waals surface area contributed by atoms with Gasteiger partial charge >= 0.3 is 5.97 Å². The van der Waals surface area contributed by atoms with Gasteiger partial charge in [0.05, 0.1) is 23.2 Å². The first-order chi connectivity index (χ1) is 7.86. The van der Waals surface area contributed by atoms with Gasteiger partial charge in [0.25, 0.3) is 0 Å². The average Bonchev–Trinajstić information content (AvgIpc) is 2.26. The van der Waals surface area contributed by atoms with E-state index in [1.54, 1.807) is 32.0 Å². The van der Waals surface area contributed by atoms with Crippen molar-refractivity contribution in [1.82, 2.24) is 0 Å². The van der Waals surface area contributed by atoms with E-state index in [9.17, 15) is 4.79 Å². The summed E-state index contributed by atoms with van der Waals surface area (Å²) in [7, 11) is 1.37. The predicted octanol–water partition coefficient (Wildman–Crippen LogP) is 3.60. The number of esters is 1. The fourth-order valence-corrected chi connectivity index (χ4v) is 1.77. The normalized spacial score (nSPS) is 11.1. The molecule has 17 heavy (non-hydrogen) atoms. The van der Waals surface area contributed by atoms with Crippen LogP contribution in [-0.2, 0) is 9.53 Å². The molecule has 0 unspecified atom stereocenters.